The third kappa shape index (κ3) is 2.12. The first-order valence-electron chi connectivity index (χ1n) is 4.14. The standard InChI is InChI=1S/C7H14ClNO2S/c1-6-4-3-5-9(7(6)2)12(8,10)11/h6-7H,3-5H2,1-2H3. The molecule has 2 unspecified atom stereocenters. The zero-order chi connectivity index (χ0) is 9.35. The molecule has 0 saturated carbocycles. The second kappa shape index (κ2) is 3.52. The van der Waals surface area contributed by atoms with Gasteiger partial charge in [-0.15, -0.1) is 0 Å². The summed E-state index contributed by atoms with van der Waals surface area (Å²) in [6.45, 7) is 4.53. The van der Waals surface area contributed by atoms with Crippen LogP contribution in [0.5, 0.6) is 0 Å². The van der Waals surface area contributed by atoms with Crippen molar-refractivity contribution >= 4 is 19.9 Å². The first kappa shape index (κ1) is 10.3. The van der Waals surface area contributed by atoms with E-state index >= 15 is 0 Å². The summed E-state index contributed by atoms with van der Waals surface area (Å²) < 4.78 is 23.4. The van der Waals surface area contributed by atoms with E-state index in [1.54, 1.807) is 0 Å². The summed E-state index contributed by atoms with van der Waals surface area (Å²) >= 11 is 0. The third-order valence-electron chi connectivity index (χ3n) is 2.60. The van der Waals surface area contributed by atoms with E-state index < -0.39 is 9.24 Å². The SMILES string of the molecule is CC1CCCN(S(=O)(=O)Cl)C1C. The van der Waals surface area contributed by atoms with Gasteiger partial charge in [0.05, 0.1) is 0 Å². The third-order valence-corrected chi connectivity index (χ3v) is 4.20. The van der Waals surface area contributed by atoms with Crippen molar-refractivity contribution in [3.05, 3.63) is 0 Å². The Morgan fingerprint density at radius 2 is 2.00 bits per heavy atom. The van der Waals surface area contributed by atoms with Gasteiger partial charge in [-0.05, 0) is 25.7 Å². The molecule has 5 heteroatoms. The van der Waals surface area contributed by atoms with Crippen LogP contribution in [0.2, 0.25) is 0 Å². The molecule has 3 nitrogen and oxygen atoms in total. The van der Waals surface area contributed by atoms with Crippen LogP contribution in [0.1, 0.15) is 26.7 Å². The molecule has 0 spiro atoms. The summed E-state index contributed by atoms with van der Waals surface area (Å²) in [5, 5.41) is 0. The van der Waals surface area contributed by atoms with E-state index in [-0.39, 0.29) is 6.04 Å². The zero-order valence-electron chi connectivity index (χ0n) is 7.33. The molecule has 1 fully saturated rings. The topological polar surface area (TPSA) is 37.4 Å². The summed E-state index contributed by atoms with van der Waals surface area (Å²) in [4.78, 5) is 0. The van der Waals surface area contributed by atoms with Crippen LogP contribution in [0, 0.1) is 5.92 Å². The van der Waals surface area contributed by atoms with Gasteiger partial charge in [-0.2, -0.15) is 12.7 Å². The average molecular weight is 212 g/mol. The molecule has 0 aromatic rings. The average Bonchev–Trinajstić information content (AvgIpc) is 1.92. The molecule has 0 aliphatic carbocycles. The first-order chi connectivity index (χ1) is 5.43. The minimum absolute atomic E-state index is 0.0428. The highest BCUT2D eigenvalue weighted by molar-refractivity contribution is 8.11. The minimum Gasteiger partial charge on any atom is -0.195 e. The van der Waals surface area contributed by atoms with Crippen molar-refractivity contribution in [3.63, 3.8) is 0 Å². The lowest BCUT2D eigenvalue weighted by atomic mass is 9.94. The summed E-state index contributed by atoms with van der Waals surface area (Å²) in [6.07, 6.45) is 2.00. The molecule has 1 saturated heterocycles. The van der Waals surface area contributed by atoms with Gasteiger partial charge in [0.1, 0.15) is 0 Å². The Hall–Kier alpha value is 0.200. The number of rotatable bonds is 1. The molecule has 1 aliphatic heterocycles. The second-order valence-electron chi connectivity index (χ2n) is 3.41. The maximum Gasteiger partial charge on any atom is 0.300 e. The maximum atomic E-state index is 11.0. The molecule has 0 N–H and O–H groups in total. The van der Waals surface area contributed by atoms with E-state index in [0.29, 0.717) is 12.5 Å². The Bertz CT molecular complexity index is 252. The van der Waals surface area contributed by atoms with Crippen LogP contribution in [0.15, 0.2) is 0 Å². The fraction of sp³-hybridized carbons (Fsp3) is 1.00. The summed E-state index contributed by atoms with van der Waals surface area (Å²) in [7, 11) is 1.77. The van der Waals surface area contributed by atoms with Crippen molar-refractivity contribution in [3.8, 4) is 0 Å². The predicted molar refractivity (Wildman–Crippen MR) is 49.3 cm³/mol. The van der Waals surface area contributed by atoms with Gasteiger partial charge in [0.2, 0.25) is 0 Å². The van der Waals surface area contributed by atoms with Gasteiger partial charge in [-0.1, -0.05) is 6.92 Å². The largest absolute Gasteiger partial charge is 0.300 e. The second-order valence-corrected chi connectivity index (χ2v) is 5.88. The van der Waals surface area contributed by atoms with Crippen molar-refractivity contribution in [1.82, 2.24) is 4.31 Å². The van der Waals surface area contributed by atoms with E-state index in [1.807, 2.05) is 6.92 Å². The van der Waals surface area contributed by atoms with Crippen molar-refractivity contribution in [2.24, 2.45) is 5.92 Å². The van der Waals surface area contributed by atoms with Crippen molar-refractivity contribution in [1.29, 1.82) is 0 Å². The van der Waals surface area contributed by atoms with Crippen LogP contribution < -0.4 is 0 Å². The maximum absolute atomic E-state index is 11.0. The summed E-state index contributed by atoms with van der Waals surface area (Å²) in [5.74, 6) is 0.410. The van der Waals surface area contributed by atoms with Crippen molar-refractivity contribution in [2.75, 3.05) is 6.54 Å². The Morgan fingerprint density at radius 3 is 2.42 bits per heavy atom. The smallest absolute Gasteiger partial charge is 0.195 e. The molecule has 0 aromatic carbocycles. The van der Waals surface area contributed by atoms with Crippen LogP contribution in [-0.2, 0) is 9.24 Å². The summed E-state index contributed by atoms with van der Waals surface area (Å²) in [5.41, 5.74) is 0. The molecule has 0 amide bonds. The fourth-order valence-electron chi connectivity index (χ4n) is 1.61. The fourth-order valence-corrected chi connectivity index (χ4v) is 3.14. The Kier molecular flexibility index (Phi) is 3.01. The molecular formula is C7H14ClNO2S. The van der Waals surface area contributed by atoms with E-state index in [0.717, 1.165) is 12.8 Å². The number of halogens is 1. The van der Waals surface area contributed by atoms with E-state index in [1.165, 1.54) is 4.31 Å². The van der Waals surface area contributed by atoms with Crippen LogP contribution in [0.3, 0.4) is 0 Å². The molecule has 0 radical (unpaired) electrons. The van der Waals surface area contributed by atoms with Gasteiger partial charge in [-0.3, -0.25) is 0 Å². The van der Waals surface area contributed by atoms with E-state index in [4.69, 9.17) is 10.7 Å². The van der Waals surface area contributed by atoms with Crippen LogP contribution in [0.4, 0.5) is 0 Å². The van der Waals surface area contributed by atoms with E-state index in [9.17, 15) is 8.42 Å². The molecule has 2 atom stereocenters. The Morgan fingerprint density at radius 1 is 1.42 bits per heavy atom. The number of piperidine rings is 1. The highest BCUT2D eigenvalue weighted by Crippen LogP contribution is 2.26. The monoisotopic (exact) mass is 211 g/mol. The molecular weight excluding hydrogens is 198 g/mol. The lowest BCUT2D eigenvalue weighted by Gasteiger charge is -2.34. The molecule has 0 bridgehead atoms. The van der Waals surface area contributed by atoms with Gasteiger partial charge >= 0.3 is 0 Å². The number of hydrogen-bond donors (Lipinski definition) is 0. The van der Waals surface area contributed by atoms with Crippen molar-refractivity contribution < 1.29 is 8.42 Å². The van der Waals surface area contributed by atoms with Gasteiger partial charge in [-0.25, -0.2) is 0 Å². The Balaban J connectivity index is 2.78. The molecule has 1 heterocycles. The molecule has 0 aromatic heterocycles. The summed E-state index contributed by atoms with van der Waals surface area (Å²) in [6, 6.07) is 0.0428. The minimum atomic E-state index is -3.50. The molecule has 1 rings (SSSR count). The quantitative estimate of drug-likeness (QED) is 0.618. The first-order valence-corrected chi connectivity index (χ1v) is 6.41. The zero-order valence-corrected chi connectivity index (χ0v) is 8.90. The van der Waals surface area contributed by atoms with Crippen LogP contribution in [0.25, 0.3) is 0 Å². The van der Waals surface area contributed by atoms with Gasteiger partial charge < -0.3 is 0 Å². The number of nitrogens with zero attached hydrogens (tertiary/aromatic N) is 1. The van der Waals surface area contributed by atoms with Crippen LogP contribution in [-0.4, -0.2) is 25.3 Å². The van der Waals surface area contributed by atoms with Crippen LogP contribution >= 0.6 is 10.7 Å². The predicted octanol–water partition coefficient (Wildman–Crippen LogP) is 1.59. The van der Waals surface area contributed by atoms with Gasteiger partial charge in [0.25, 0.3) is 9.24 Å². The molecule has 12 heavy (non-hydrogen) atoms. The number of hydrogen-bond acceptors (Lipinski definition) is 2. The van der Waals surface area contributed by atoms with E-state index in [2.05, 4.69) is 6.92 Å². The lowest BCUT2D eigenvalue weighted by Crippen LogP contribution is -2.43. The molecule has 72 valence electrons. The van der Waals surface area contributed by atoms with Gasteiger partial charge in [0, 0.05) is 23.3 Å². The van der Waals surface area contributed by atoms with Crippen molar-refractivity contribution in [2.45, 2.75) is 32.7 Å². The highest BCUT2D eigenvalue weighted by atomic mass is 35.7. The van der Waals surface area contributed by atoms with Gasteiger partial charge in [0.15, 0.2) is 0 Å². The normalized spacial score (nSPS) is 33.6. The lowest BCUT2D eigenvalue weighted by molar-refractivity contribution is 0.205. The highest BCUT2D eigenvalue weighted by Gasteiger charge is 2.31. The Labute approximate surface area is 78.3 Å². The molecule has 1 aliphatic rings.